The number of anilines is 3. The summed E-state index contributed by atoms with van der Waals surface area (Å²) < 4.78 is 35.0. The molecule has 0 spiro atoms. The second-order valence-electron chi connectivity index (χ2n) is 39.0. The van der Waals surface area contributed by atoms with Crippen LogP contribution in [0.2, 0.25) is 0 Å². The Bertz CT molecular complexity index is 9990. The van der Waals surface area contributed by atoms with Crippen molar-refractivity contribution in [3.63, 3.8) is 0 Å². The number of hydrogen-bond acceptors (Lipinski definition) is 6. The summed E-state index contributed by atoms with van der Waals surface area (Å²) in [7, 11) is 0. The van der Waals surface area contributed by atoms with Crippen LogP contribution in [0.5, 0.6) is 34.5 Å². The van der Waals surface area contributed by atoms with Gasteiger partial charge in [0.25, 0.3) is 13.4 Å². The molecule has 6 aromatic heterocycles. The minimum absolute atomic E-state index is 0.0447. The second-order valence-corrected chi connectivity index (χ2v) is 41.2. The van der Waals surface area contributed by atoms with Gasteiger partial charge in [-0.05, 0) is 191 Å². The predicted molar refractivity (Wildman–Crippen MR) is 615 cm³/mol. The van der Waals surface area contributed by atoms with E-state index in [1.54, 1.807) is 0 Å². The molecule has 0 amide bonds. The van der Waals surface area contributed by atoms with E-state index in [9.17, 15) is 0 Å². The fourth-order valence-corrected chi connectivity index (χ4v) is 28.0. The first-order valence-corrected chi connectivity index (χ1v) is 52.0. The van der Waals surface area contributed by atoms with Gasteiger partial charge in [0.15, 0.2) is 0 Å². The zero-order valence-electron chi connectivity index (χ0n) is 79.1. The summed E-state index contributed by atoms with van der Waals surface area (Å²) in [5.74, 6) is 5.25. The van der Waals surface area contributed by atoms with Gasteiger partial charge >= 0.3 is 0 Å². The van der Waals surface area contributed by atoms with Gasteiger partial charge in [-0.2, -0.15) is 0 Å². The van der Waals surface area contributed by atoms with Gasteiger partial charge < -0.3 is 46.5 Å². The van der Waals surface area contributed by atoms with E-state index in [4.69, 9.17) is 14.2 Å². The Morgan fingerprint density at radius 1 is 0.163 bits per heavy atom. The van der Waals surface area contributed by atoms with Crippen LogP contribution in [0, 0.1) is 0 Å². The monoisotopic (exact) mass is 1910 g/mol. The lowest BCUT2D eigenvalue weighted by Crippen LogP contribution is -2.59. The minimum Gasteiger partial charge on any atom is -0.458 e. The standard InChI is InChI=1S/C48H30BN3O.C42H25BN2O2.C42H25BN2S2/c1-3-15-31(16-4-1)50-41-25-13-9-21-37(41)49-38-22-10-14-26-44(38)53-45-30-33(29-43(50)47(45)49)51-40-24-12-8-20-36(40)46-42(51)28-27-35-34-19-7-11-23-39(34)52(48(35)46)32-17-5-2-6-18-32;2*1-2-12-26(13-3-1)45-33-18-8-4-14-28(33)29-22-23-35-40(42(29)45)30-15-5-9-19-34(30)44(35)27-24-38-41-39(25-27)47-37-21-11-7-17-32(37)43(41)31-16-6-10-20-36(31)46-38/h1-30H;2*1-25H. The molecule has 0 radical (unpaired) electrons. The van der Waals surface area contributed by atoms with Crippen LogP contribution in [-0.4, -0.2) is 47.5 Å². The van der Waals surface area contributed by atoms with Crippen LogP contribution in [0.4, 0.5) is 17.1 Å². The van der Waals surface area contributed by atoms with E-state index < -0.39 is 0 Å². The lowest BCUT2D eigenvalue weighted by Gasteiger charge is -2.40. The second kappa shape index (κ2) is 32.1. The first kappa shape index (κ1) is 82.3. The first-order valence-electron chi connectivity index (χ1n) is 50.4. The van der Waals surface area contributed by atoms with Gasteiger partial charge in [0.2, 0.25) is 6.71 Å². The highest BCUT2D eigenvalue weighted by molar-refractivity contribution is 8.01. The van der Waals surface area contributed by atoms with Crippen molar-refractivity contribution in [3.05, 3.63) is 485 Å². The number of hydrogen-bond donors (Lipinski definition) is 0. The highest BCUT2D eigenvalue weighted by atomic mass is 32.2. The highest BCUT2D eigenvalue weighted by Crippen LogP contribution is 2.52. The Labute approximate surface area is 854 Å². The van der Waals surface area contributed by atoms with Crippen LogP contribution in [0.15, 0.2) is 505 Å². The molecule has 22 aromatic carbocycles. The highest BCUT2D eigenvalue weighted by Gasteiger charge is 2.45. The summed E-state index contributed by atoms with van der Waals surface area (Å²) in [5.41, 5.74) is 35.9. The van der Waals surface area contributed by atoms with Gasteiger partial charge in [-0.1, -0.05) is 344 Å². The lowest BCUT2D eigenvalue weighted by atomic mass is 9.34. The Hall–Kier alpha value is -18.3. The smallest absolute Gasteiger partial charge is 0.260 e. The number of rotatable bonds is 7. The van der Waals surface area contributed by atoms with Crippen molar-refractivity contribution in [2.75, 3.05) is 4.90 Å². The number of ether oxygens (including phenoxy) is 3. The molecule has 28 aromatic rings. The third kappa shape index (κ3) is 12.1. The number of nitrogens with zero attached hydrogens (tertiary/aromatic N) is 7. The van der Waals surface area contributed by atoms with E-state index in [1.807, 2.05) is 35.7 Å². The molecule has 6 aliphatic rings. The van der Waals surface area contributed by atoms with Crippen LogP contribution < -0.4 is 68.3 Å². The maximum absolute atomic E-state index is 6.93. The molecular formula is C132H80B3N7O3S2. The Morgan fingerprint density at radius 3 is 0.844 bits per heavy atom. The summed E-state index contributed by atoms with van der Waals surface area (Å²) in [4.78, 5) is 7.84. The molecule has 15 heteroatoms. The van der Waals surface area contributed by atoms with Crippen LogP contribution in [-0.2, 0) is 0 Å². The van der Waals surface area contributed by atoms with E-state index in [0.717, 1.165) is 107 Å². The largest absolute Gasteiger partial charge is 0.458 e. The summed E-state index contributed by atoms with van der Waals surface area (Å²) in [6.45, 7) is 0.348. The fraction of sp³-hybridized carbons (Fsp3) is 0. The Balaban J connectivity index is 0.0000000982. The maximum Gasteiger partial charge on any atom is 0.260 e. The van der Waals surface area contributed by atoms with Crippen molar-refractivity contribution < 1.29 is 14.2 Å². The van der Waals surface area contributed by atoms with E-state index in [2.05, 4.69) is 505 Å². The molecule has 0 N–H and O–H groups in total. The summed E-state index contributed by atoms with van der Waals surface area (Å²) >= 11 is 3.84. The average molecular weight is 1910 g/mol. The molecule has 0 bridgehead atoms. The van der Waals surface area contributed by atoms with E-state index in [0.29, 0.717) is 0 Å². The van der Waals surface area contributed by atoms with Gasteiger partial charge in [-0.15, -0.1) is 0 Å². The van der Waals surface area contributed by atoms with Gasteiger partial charge in [0.1, 0.15) is 34.5 Å². The van der Waals surface area contributed by atoms with Gasteiger partial charge in [0.05, 0.1) is 77.6 Å². The number of para-hydroxylation sites is 14. The van der Waals surface area contributed by atoms with Gasteiger partial charge in [-0.3, -0.25) is 0 Å². The molecule has 147 heavy (non-hydrogen) atoms. The first-order chi connectivity index (χ1) is 73.0. The van der Waals surface area contributed by atoms with Crippen LogP contribution in [0.3, 0.4) is 0 Å². The van der Waals surface area contributed by atoms with Crippen LogP contribution in [0.25, 0.3) is 165 Å². The topological polar surface area (TPSA) is 60.5 Å². The molecule has 12 heterocycles. The Kier molecular flexibility index (Phi) is 18.0. The van der Waals surface area contributed by atoms with Gasteiger partial charge in [0, 0.05) is 148 Å². The summed E-state index contributed by atoms with van der Waals surface area (Å²) in [6.07, 6.45) is 0. The van der Waals surface area contributed by atoms with E-state index in [-0.39, 0.29) is 20.1 Å². The SMILES string of the molecule is c1ccc(-n2c3ccccc3c3ccc4c(c5ccccc5n4-c4cc5c6c(c4)Oc4ccccc4B6c4ccccc4O5)c32)cc1.c1ccc(-n2c3ccccc3c3ccc4c(c5ccccc5n4-c4cc5c6c(c4)Sc4ccccc4B6c4ccccc4S5)c32)cc1.c1ccc(N2c3ccccc3B3c4ccccc4Oc4cc(-n5c6ccccc6c6c5ccc5c7ccccc7n(-c7ccccc7)c56)cc2c43)cc1. The third-order valence-electron chi connectivity index (χ3n) is 31.4. The molecule has 34 rings (SSSR count). The zero-order chi connectivity index (χ0) is 95.9. The van der Waals surface area contributed by atoms with Crippen LogP contribution >= 0.6 is 23.5 Å². The van der Waals surface area contributed by atoms with Crippen molar-refractivity contribution >= 4 is 241 Å². The number of benzene rings is 22. The molecular weight excluding hydrogens is 1830 g/mol. The number of fused-ring (bicyclic) bond motifs is 33. The molecule has 0 unspecified atom stereocenters. The fourth-order valence-electron chi connectivity index (χ4n) is 25.5. The quantitative estimate of drug-likeness (QED) is 0.148. The van der Waals surface area contributed by atoms with E-state index >= 15 is 0 Å². The molecule has 0 atom stereocenters. The van der Waals surface area contributed by atoms with Crippen molar-refractivity contribution in [3.8, 4) is 68.6 Å². The zero-order valence-corrected chi connectivity index (χ0v) is 80.7. The summed E-state index contributed by atoms with van der Waals surface area (Å²) in [5, 5.41) is 15.0. The molecule has 0 saturated carbocycles. The number of aromatic nitrogens is 6. The lowest BCUT2D eigenvalue weighted by molar-refractivity contribution is 0.464. The normalized spacial score (nSPS) is 13.1. The predicted octanol–water partition coefficient (Wildman–Crippen LogP) is 28.2. The third-order valence-corrected chi connectivity index (χ3v) is 33.7. The average Bonchev–Trinajstić information content (AvgIpc) is 1.63. The Morgan fingerprint density at radius 2 is 0.449 bits per heavy atom. The van der Waals surface area contributed by atoms with E-state index in [1.165, 1.54) is 178 Å². The molecule has 0 aliphatic carbocycles. The van der Waals surface area contributed by atoms with Gasteiger partial charge in [-0.25, -0.2) is 0 Å². The van der Waals surface area contributed by atoms with Crippen molar-refractivity contribution in [1.82, 2.24) is 27.4 Å². The minimum atomic E-state index is 0.0447. The molecule has 0 saturated heterocycles. The maximum atomic E-state index is 6.93. The van der Waals surface area contributed by atoms with Crippen molar-refractivity contribution in [2.45, 2.75) is 19.6 Å². The molecule has 10 nitrogen and oxygen atoms in total. The summed E-state index contributed by atoms with van der Waals surface area (Å²) in [6, 6.07) is 176. The molecule has 0 fully saturated rings. The van der Waals surface area contributed by atoms with Crippen LogP contribution in [0.1, 0.15) is 0 Å². The van der Waals surface area contributed by atoms with Crippen molar-refractivity contribution in [1.29, 1.82) is 0 Å². The molecule has 6 aliphatic heterocycles. The molecule has 682 valence electrons. The van der Waals surface area contributed by atoms with Crippen molar-refractivity contribution in [2.24, 2.45) is 0 Å².